The van der Waals surface area contributed by atoms with Gasteiger partial charge in [-0.15, -0.1) is 0 Å². The highest BCUT2D eigenvalue weighted by molar-refractivity contribution is 7.87. The van der Waals surface area contributed by atoms with Crippen LogP contribution in [0.15, 0.2) is 11.5 Å². The second kappa shape index (κ2) is 41.5. The van der Waals surface area contributed by atoms with Gasteiger partial charge in [0.05, 0.1) is 0 Å². The summed E-state index contributed by atoms with van der Waals surface area (Å²) in [6.45, 7) is 15.9. The van der Waals surface area contributed by atoms with Crippen molar-refractivity contribution in [2.75, 3.05) is 0 Å². The van der Waals surface area contributed by atoms with E-state index in [0.29, 0.717) is 57.8 Å². The summed E-state index contributed by atoms with van der Waals surface area (Å²) in [5, 5.41) is 0. The average molecular weight is 1140 g/mol. The quantitative estimate of drug-likeness (QED) is 0.0260. The van der Waals surface area contributed by atoms with Crippen LogP contribution in [0.5, 0.6) is 0 Å². The van der Waals surface area contributed by atoms with Gasteiger partial charge in [0, 0.05) is 38.5 Å². The van der Waals surface area contributed by atoms with E-state index in [0.717, 1.165) is 161 Å². The molecule has 4 atom stereocenters. The summed E-state index contributed by atoms with van der Waals surface area (Å²) in [6.07, 6.45) is 26.0. The molecule has 79 heavy (non-hydrogen) atoms. The fourth-order valence-electron chi connectivity index (χ4n) is 10.6. The maximum Gasteiger partial charge on any atom is 0.339 e. The maximum absolute atomic E-state index is 15.2. The molecule has 0 bridgehead atoms. The monoisotopic (exact) mass is 1140 g/mol. The van der Waals surface area contributed by atoms with E-state index in [4.69, 9.17) is 28.4 Å². The molecule has 0 saturated carbocycles. The van der Waals surface area contributed by atoms with Crippen LogP contribution in [-0.4, -0.2) is 70.5 Å². The molecule has 1 rings (SSSR count). The van der Waals surface area contributed by atoms with Crippen molar-refractivity contribution in [3.8, 4) is 0 Å². The summed E-state index contributed by atoms with van der Waals surface area (Å²) in [5.41, 5.74) is -8.72. The Labute approximate surface area is 479 Å². The second-order valence-corrected chi connectivity index (χ2v) is 24.3. The zero-order valence-corrected chi connectivity index (χ0v) is 52.1. The van der Waals surface area contributed by atoms with Crippen LogP contribution in [0, 0.1) is 0 Å². The molecule has 15 nitrogen and oxygen atoms in total. The van der Waals surface area contributed by atoms with Gasteiger partial charge in [-0.3, -0.25) is 33.3 Å². The van der Waals surface area contributed by atoms with Crippen molar-refractivity contribution in [1.29, 1.82) is 0 Å². The van der Waals surface area contributed by atoms with E-state index in [1.807, 2.05) is 0 Å². The Kier molecular flexibility index (Phi) is 38.6. The number of hydrogen-bond acceptors (Lipinski definition) is 14. The van der Waals surface area contributed by atoms with Gasteiger partial charge in [0.1, 0.15) is 0 Å². The molecular formula is C63H112O15S. The van der Waals surface area contributed by atoms with Gasteiger partial charge in [-0.05, 0) is 59.3 Å². The fraction of sp³-hybridized carbons (Fsp3) is 0.873. The van der Waals surface area contributed by atoms with Gasteiger partial charge < -0.3 is 28.4 Å². The minimum atomic E-state index is -6.16. The summed E-state index contributed by atoms with van der Waals surface area (Å²) in [6, 6.07) is 0. The van der Waals surface area contributed by atoms with E-state index >= 15 is 8.42 Å². The second-order valence-electron chi connectivity index (χ2n) is 22.8. The van der Waals surface area contributed by atoms with Gasteiger partial charge in [-0.1, -0.05) is 234 Å². The molecule has 0 aromatic heterocycles. The van der Waals surface area contributed by atoms with Gasteiger partial charge in [0.15, 0.2) is 5.76 Å². The number of ether oxygens (including phenoxy) is 6. The minimum absolute atomic E-state index is 0.194. The summed E-state index contributed by atoms with van der Waals surface area (Å²) >= 11 is 0. The molecule has 0 amide bonds. The smallest absolute Gasteiger partial charge is 0.339 e. The summed E-state index contributed by atoms with van der Waals surface area (Å²) in [7, 11) is -6.16. The Morgan fingerprint density at radius 3 is 0.835 bits per heavy atom. The first-order valence-electron chi connectivity index (χ1n) is 31.8. The molecule has 16 heteroatoms. The number of carbonyl (C=O) groups excluding carboxylic acids is 6. The van der Waals surface area contributed by atoms with Crippen molar-refractivity contribution in [2.45, 2.75) is 354 Å². The Hall–Kier alpha value is -3.53. The van der Waals surface area contributed by atoms with Crippen molar-refractivity contribution in [3.05, 3.63) is 11.5 Å². The number of rotatable bonds is 49. The Morgan fingerprint density at radius 1 is 0.316 bits per heavy atom. The minimum Gasteiger partial charge on any atom is -0.450 e. The van der Waals surface area contributed by atoms with Gasteiger partial charge in [-0.2, -0.15) is 8.42 Å². The third-order valence-corrected chi connectivity index (χ3v) is 17.2. The Balaban J connectivity index is 4.70. The molecule has 0 aliphatic heterocycles. The van der Waals surface area contributed by atoms with Crippen molar-refractivity contribution in [2.24, 2.45) is 0 Å². The molecule has 4 unspecified atom stereocenters. The van der Waals surface area contributed by atoms with Crippen molar-refractivity contribution in [3.63, 3.8) is 0 Å². The number of esters is 6. The molecule has 0 aromatic carbocycles. The van der Waals surface area contributed by atoms with E-state index in [1.165, 1.54) is 13.8 Å². The van der Waals surface area contributed by atoms with Crippen LogP contribution in [-0.2, 0) is 67.3 Å². The number of carbonyl (C=O) groups is 6. The predicted molar refractivity (Wildman–Crippen MR) is 311 cm³/mol. The largest absolute Gasteiger partial charge is 0.450 e. The van der Waals surface area contributed by atoms with Crippen molar-refractivity contribution < 1.29 is 70.2 Å². The highest BCUT2D eigenvalue weighted by Gasteiger charge is 2.85. The standard InChI is InChI=1S/C63H112O15S/c1-10-16-22-28-34-40-46-52(64)73-58-59(74-53(65)47-41-35-29-23-17-11-2)63(79(70,71)72,78-57(69)51-45-39-33-27-21-15-6)62(9,77-56(68)50-44-38-32-26-20-14-5)61(8,76-55(67)49-43-37-31-25-19-13-4)60(58,7)75-54(66)48-42-36-30-24-18-12-3/h10-51H2,1-9H3,(H,70,71,72). The molecule has 0 aromatic rings. The lowest BCUT2D eigenvalue weighted by Gasteiger charge is -2.60. The Bertz CT molecular complexity index is 1900. The van der Waals surface area contributed by atoms with Crippen LogP contribution < -0.4 is 0 Å². The third-order valence-electron chi connectivity index (χ3n) is 15.8. The Morgan fingerprint density at radius 2 is 0.544 bits per heavy atom. The van der Waals surface area contributed by atoms with Crippen molar-refractivity contribution in [1.82, 2.24) is 0 Å². The summed E-state index contributed by atoms with van der Waals surface area (Å²) < 4.78 is 80.6. The van der Waals surface area contributed by atoms with Gasteiger partial charge >= 0.3 is 50.9 Å². The van der Waals surface area contributed by atoms with E-state index in [2.05, 4.69) is 41.5 Å². The van der Waals surface area contributed by atoms with E-state index in [-0.39, 0.29) is 51.4 Å². The van der Waals surface area contributed by atoms with Crippen LogP contribution >= 0.6 is 0 Å². The lowest BCUT2D eigenvalue weighted by Crippen LogP contribution is -2.82. The first kappa shape index (κ1) is 73.5. The lowest BCUT2D eigenvalue weighted by molar-refractivity contribution is -0.296. The van der Waals surface area contributed by atoms with Crippen LogP contribution in [0.2, 0.25) is 0 Å². The summed E-state index contributed by atoms with van der Waals surface area (Å²) in [4.78, 5) is 83.9. The van der Waals surface area contributed by atoms with Crippen LogP contribution in [0.4, 0.5) is 0 Å². The lowest BCUT2D eigenvalue weighted by atomic mass is 9.64. The molecule has 0 spiro atoms. The normalized spacial score (nSPS) is 20.2. The molecule has 460 valence electrons. The SMILES string of the molecule is CCCCCCCCC(=O)OC1=C(OC(=O)CCCCCCCC)C(OC(=O)CCCCCCCC)(S(=O)(=O)O)C(C)(OC(=O)CCCCCCCC)C(C)(OC(=O)CCCCCCCC)C1(C)OC(=O)CCCCCCCC. The zero-order valence-electron chi connectivity index (χ0n) is 51.3. The molecule has 0 heterocycles. The molecule has 0 fully saturated rings. The molecule has 0 radical (unpaired) electrons. The number of unbranched alkanes of at least 4 members (excludes halogenated alkanes) is 30. The fourth-order valence-corrected chi connectivity index (χ4v) is 11.9. The highest BCUT2D eigenvalue weighted by atomic mass is 32.2. The predicted octanol–water partition coefficient (Wildman–Crippen LogP) is 16.8. The topological polar surface area (TPSA) is 212 Å². The van der Waals surface area contributed by atoms with Crippen LogP contribution in [0.1, 0.15) is 332 Å². The zero-order chi connectivity index (χ0) is 59.1. The van der Waals surface area contributed by atoms with Crippen LogP contribution in [0.3, 0.4) is 0 Å². The molecule has 1 aliphatic rings. The van der Waals surface area contributed by atoms with Gasteiger partial charge in [0.2, 0.25) is 22.6 Å². The maximum atomic E-state index is 15.2. The molecular weight excluding hydrogens is 1030 g/mol. The first-order chi connectivity index (χ1) is 37.7. The van der Waals surface area contributed by atoms with Crippen molar-refractivity contribution >= 4 is 45.9 Å². The summed E-state index contributed by atoms with van der Waals surface area (Å²) in [5.74, 6) is -8.33. The van der Waals surface area contributed by atoms with Gasteiger partial charge in [0.25, 0.3) is 0 Å². The third kappa shape index (κ3) is 25.2. The van der Waals surface area contributed by atoms with E-state index in [9.17, 15) is 33.3 Å². The molecule has 1 N–H and O–H groups in total. The van der Waals surface area contributed by atoms with E-state index < -0.39 is 85.6 Å². The van der Waals surface area contributed by atoms with Gasteiger partial charge in [-0.25, -0.2) is 0 Å². The number of hydrogen-bond donors (Lipinski definition) is 1. The molecule has 1 aliphatic carbocycles. The average Bonchev–Trinajstić information content (AvgIpc) is 2.47. The molecule has 0 saturated heterocycles. The highest BCUT2D eigenvalue weighted by Crippen LogP contribution is 2.61. The van der Waals surface area contributed by atoms with Crippen LogP contribution in [0.25, 0.3) is 0 Å². The first-order valence-corrected chi connectivity index (χ1v) is 33.2. The van der Waals surface area contributed by atoms with E-state index in [1.54, 1.807) is 0 Å².